The third-order valence-corrected chi connectivity index (χ3v) is 4.66. The number of nitrogens with one attached hydrogen (secondary N) is 1. The Hall–Kier alpha value is -1.31. The van der Waals surface area contributed by atoms with Gasteiger partial charge in [0.2, 0.25) is 5.91 Å². The minimum Gasteiger partial charge on any atom is -0.326 e. The van der Waals surface area contributed by atoms with E-state index in [2.05, 4.69) is 12.2 Å². The van der Waals surface area contributed by atoms with Gasteiger partial charge in [0.25, 0.3) is 0 Å². The predicted octanol–water partition coefficient (Wildman–Crippen LogP) is 3.45. The SMILES string of the molecule is CC12CCCCC1C2C(=O)Nc1ccccc1. The van der Waals surface area contributed by atoms with Crippen molar-refractivity contribution < 1.29 is 4.79 Å². The van der Waals surface area contributed by atoms with Crippen LogP contribution in [0.5, 0.6) is 0 Å². The van der Waals surface area contributed by atoms with E-state index in [1.807, 2.05) is 30.3 Å². The number of hydrogen-bond acceptors (Lipinski definition) is 1. The first-order valence-corrected chi connectivity index (χ1v) is 6.58. The molecule has 3 atom stereocenters. The van der Waals surface area contributed by atoms with Gasteiger partial charge in [-0.1, -0.05) is 38.0 Å². The highest BCUT2D eigenvalue weighted by Crippen LogP contribution is 2.66. The van der Waals surface area contributed by atoms with Crippen LogP contribution < -0.4 is 5.32 Å². The van der Waals surface area contributed by atoms with Crippen LogP contribution in [0.3, 0.4) is 0 Å². The highest BCUT2D eigenvalue weighted by atomic mass is 16.2. The molecule has 3 rings (SSSR count). The van der Waals surface area contributed by atoms with Gasteiger partial charge in [0.1, 0.15) is 0 Å². The molecule has 0 saturated heterocycles. The van der Waals surface area contributed by atoms with Crippen molar-refractivity contribution in [2.75, 3.05) is 5.32 Å². The minimum absolute atomic E-state index is 0.227. The van der Waals surface area contributed by atoms with Gasteiger partial charge in [0.15, 0.2) is 0 Å². The van der Waals surface area contributed by atoms with Crippen LogP contribution in [0, 0.1) is 17.3 Å². The van der Waals surface area contributed by atoms with Crippen molar-refractivity contribution in [2.45, 2.75) is 32.6 Å². The van der Waals surface area contributed by atoms with Gasteiger partial charge in [-0.25, -0.2) is 0 Å². The summed E-state index contributed by atoms with van der Waals surface area (Å²) in [5.74, 6) is 1.12. The van der Waals surface area contributed by atoms with E-state index in [4.69, 9.17) is 0 Å². The molecule has 0 radical (unpaired) electrons. The Morgan fingerprint density at radius 3 is 2.71 bits per heavy atom. The molecule has 1 amide bonds. The quantitative estimate of drug-likeness (QED) is 0.826. The summed E-state index contributed by atoms with van der Waals surface area (Å²) in [6.07, 6.45) is 5.06. The fraction of sp³-hybridized carbons (Fsp3) is 0.533. The highest BCUT2D eigenvalue weighted by molar-refractivity contribution is 5.95. The summed E-state index contributed by atoms with van der Waals surface area (Å²) in [5.41, 5.74) is 1.22. The molecule has 2 nitrogen and oxygen atoms in total. The van der Waals surface area contributed by atoms with E-state index in [-0.39, 0.29) is 11.8 Å². The molecule has 1 aromatic rings. The number of para-hydroxylation sites is 1. The van der Waals surface area contributed by atoms with Crippen LogP contribution in [0.1, 0.15) is 32.6 Å². The molecule has 3 unspecified atom stereocenters. The van der Waals surface area contributed by atoms with E-state index in [9.17, 15) is 4.79 Å². The first-order valence-electron chi connectivity index (χ1n) is 6.58. The van der Waals surface area contributed by atoms with Crippen molar-refractivity contribution in [3.05, 3.63) is 30.3 Å². The molecule has 2 fully saturated rings. The summed E-state index contributed by atoms with van der Waals surface area (Å²) in [4.78, 5) is 12.2. The molecule has 2 aliphatic carbocycles. The smallest absolute Gasteiger partial charge is 0.228 e. The van der Waals surface area contributed by atoms with Crippen LogP contribution in [-0.2, 0) is 4.79 Å². The average molecular weight is 229 g/mol. The second-order valence-corrected chi connectivity index (χ2v) is 5.69. The number of rotatable bonds is 2. The van der Waals surface area contributed by atoms with Gasteiger partial charge in [-0.05, 0) is 36.3 Å². The first kappa shape index (κ1) is 10.8. The van der Waals surface area contributed by atoms with Crippen molar-refractivity contribution >= 4 is 11.6 Å². The molecule has 90 valence electrons. The van der Waals surface area contributed by atoms with Crippen molar-refractivity contribution in [2.24, 2.45) is 17.3 Å². The van der Waals surface area contributed by atoms with Crippen LogP contribution in [-0.4, -0.2) is 5.91 Å². The van der Waals surface area contributed by atoms with E-state index < -0.39 is 0 Å². The Bertz CT molecular complexity index is 428. The number of carbonyl (C=O) groups is 1. The summed E-state index contributed by atoms with van der Waals surface area (Å²) in [6, 6.07) is 9.78. The third kappa shape index (κ3) is 1.76. The van der Waals surface area contributed by atoms with Crippen LogP contribution in [0.2, 0.25) is 0 Å². The van der Waals surface area contributed by atoms with Gasteiger partial charge in [-0.3, -0.25) is 4.79 Å². The van der Waals surface area contributed by atoms with Gasteiger partial charge in [-0.15, -0.1) is 0 Å². The Labute approximate surface area is 102 Å². The zero-order valence-electron chi connectivity index (χ0n) is 10.3. The Morgan fingerprint density at radius 1 is 1.29 bits per heavy atom. The molecule has 0 heterocycles. The standard InChI is InChI=1S/C15H19NO/c1-15-10-6-5-9-12(15)13(15)14(17)16-11-7-3-2-4-8-11/h2-4,7-8,12-13H,5-6,9-10H2,1H3,(H,16,17). The molecular weight excluding hydrogens is 210 g/mol. The van der Waals surface area contributed by atoms with Gasteiger partial charge in [0.05, 0.1) is 0 Å². The lowest BCUT2D eigenvalue weighted by Crippen LogP contribution is -2.17. The molecule has 0 spiro atoms. The van der Waals surface area contributed by atoms with Crippen molar-refractivity contribution in [1.82, 2.24) is 0 Å². The molecule has 2 saturated carbocycles. The number of carbonyl (C=O) groups excluding carboxylic acids is 1. The largest absolute Gasteiger partial charge is 0.326 e. The van der Waals surface area contributed by atoms with E-state index in [0.717, 1.165) is 5.69 Å². The number of anilines is 1. The van der Waals surface area contributed by atoms with Crippen LogP contribution in [0.15, 0.2) is 30.3 Å². The van der Waals surface area contributed by atoms with E-state index in [0.29, 0.717) is 11.3 Å². The fourth-order valence-corrected chi connectivity index (χ4v) is 3.59. The Kier molecular flexibility index (Phi) is 2.46. The predicted molar refractivity (Wildman–Crippen MR) is 68.6 cm³/mol. The van der Waals surface area contributed by atoms with E-state index in [1.165, 1.54) is 25.7 Å². The van der Waals surface area contributed by atoms with Crippen molar-refractivity contribution in [3.63, 3.8) is 0 Å². The normalized spacial score (nSPS) is 34.9. The summed E-state index contributed by atoms with van der Waals surface area (Å²) in [6.45, 7) is 2.28. The zero-order chi connectivity index (χ0) is 11.9. The van der Waals surface area contributed by atoms with Gasteiger partial charge < -0.3 is 5.32 Å². The maximum Gasteiger partial charge on any atom is 0.228 e. The van der Waals surface area contributed by atoms with Crippen molar-refractivity contribution in [1.29, 1.82) is 0 Å². The molecule has 0 aliphatic heterocycles. The van der Waals surface area contributed by atoms with Gasteiger partial charge >= 0.3 is 0 Å². The molecular formula is C15H19NO. The highest BCUT2D eigenvalue weighted by Gasteiger charge is 2.64. The molecule has 2 heteroatoms. The number of fused-ring (bicyclic) bond motifs is 1. The maximum absolute atomic E-state index is 12.2. The fourth-order valence-electron chi connectivity index (χ4n) is 3.59. The van der Waals surface area contributed by atoms with Crippen molar-refractivity contribution in [3.8, 4) is 0 Å². The summed E-state index contributed by atoms with van der Waals surface area (Å²) in [7, 11) is 0. The monoisotopic (exact) mass is 229 g/mol. The Morgan fingerprint density at radius 2 is 2.06 bits per heavy atom. The van der Waals surface area contributed by atoms with E-state index >= 15 is 0 Å². The number of amides is 1. The summed E-state index contributed by atoms with van der Waals surface area (Å²) in [5, 5.41) is 3.05. The molecule has 0 aromatic heterocycles. The summed E-state index contributed by atoms with van der Waals surface area (Å²) < 4.78 is 0. The zero-order valence-corrected chi connectivity index (χ0v) is 10.3. The minimum atomic E-state index is 0.227. The van der Waals surface area contributed by atoms with Gasteiger partial charge in [0, 0.05) is 11.6 Å². The lowest BCUT2D eigenvalue weighted by Gasteiger charge is -2.15. The number of benzene rings is 1. The topological polar surface area (TPSA) is 29.1 Å². The average Bonchev–Trinajstić information content (AvgIpc) is 2.96. The molecule has 1 N–H and O–H groups in total. The van der Waals surface area contributed by atoms with Crippen LogP contribution >= 0.6 is 0 Å². The van der Waals surface area contributed by atoms with Gasteiger partial charge in [-0.2, -0.15) is 0 Å². The first-order chi connectivity index (χ1) is 8.22. The van der Waals surface area contributed by atoms with E-state index in [1.54, 1.807) is 0 Å². The number of hydrogen-bond donors (Lipinski definition) is 1. The third-order valence-electron chi connectivity index (χ3n) is 4.66. The second kappa shape index (κ2) is 3.86. The second-order valence-electron chi connectivity index (χ2n) is 5.69. The van der Waals surface area contributed by atoms with Crippen LogP contribution in [0.25, 0.3) is 0 Å². The molecule has 17 heavy (non-hydrogen) atoms. The lowest BCUT2D eigenvalue weighted by molar-refractivity contribution is -0.118. The van der Waals surface area contributed by atoms with Crippen LogP contribution in [0.4, 0.5) is 5.69 Å². The summed E-state index contributed by atoms with van der Waals surface area (Å²) >= 11 is 0. The maximum atomic E-state index is 12.2. The molecule has 1 aromatic carbocycles. The molecule has 2 aliphatic rings. The Balaban J connectivity index is 1.69. The molecule has 0 bridgehead atoms. The lowest BCUT2D eigenvalue weighted by atomic mass is 9.90.